The molecule has 0 radical (unpaired) electrons. The third-order valence-corrected chi connectivity index (χ3v) is 5.22. The van der Waals surface area contributed by atoms with Crippen LogP contribution in [-0.4, -0.2) is 45.8 Å². The Bertz CT molecular complexity index is 1300. The highest BCUT2D eigenvalue weighted by molar-refractivity contribution is 5.95. The summed E-state index contributed by atoms with van der Waals surface area (Å²) in [5, 5.41) is 0. The van der Waals surface area contributed by atoms with Gasteiger partial charge in [0.05, 0.1) is 0 Å². The van der Waals surface area contributed by atoms with E-state index in [2.05, 4.69) is 11.8 Å². The molecule has 2 aromatic rings. The van der Waals surface area contributed by atoms with E-state index in [-0.39, 0.29) is 29.8 Å². The standard InChI is InChI=1S/C24H24N2O8/c1-5-9-18-14(2)22(29)26(23(30)17-10-7-6-8-11-17)24(31)25(18)21-12-19(33-16(4)28)20(34-21)13-32-15(3)27/h6-8,10-11,19-21H,12-13H2,1-4H3/t19-,20+,21+/m0/s1. The van der Waals surface area contributed by atoms with E-state index in [9.17, 15) is 24.0 Å². The highest BCUT2D eigenvalue weighted by Gasteiger charge is 2.41. The number of aromatic nitrogens is 2. The summed E-state index contributed by atoms with van der Waals surface area (Å²) in [6, 6.07) is 7.92. The normalized spacial score (nSPS) is 19.1. The Labute approximate surface area is 195 Å². The first-order valence-electron chi connectivity index (χ1n) is 10.5. The fourth-order valence-corrected chi connectivity index (χ4v) is 3.71. The zero-order chi connectivity index (χ0) is 25.0. The van der Waals surface area contributed by atoms with Gasteiger partial charge in [-0.15, -0.1) is 0 Å². The summed E-state index contributed by atoms with van der Waals surface area (Å²) in [6.45, 7) is 5.23. The first-order chi connectivity index (χ1) is 16.1. The fourth-order valence-electron chi connectivity index (χ4n) is 3.71. The third kappa shape index (κ3) is 5.00. The molecular formula is C24H24N2O8. The van der Waals surface area contributed by atoms with E-state index in [4.69, 9.17) is 14.2 Å². The summed E-state index contributed by atoms with van der Waals surface area (Å²) in [5.41, 5.74) is -1.43. The first-order valence-corrected chi connectivity index (χ1v) is 10.5. The highest BCUT2D eigenvalue weighted by atomic mass is 16.6. The fraction of sp³-hybridized carbons (Fsp3) is 0.375. The van der Waals surface area contributed by atoms with Gasteiger partial charge < -0.3 is 14.2 Å². The van der Waals surface area contributed by atoms with E-state index in [1.54, 1.807) is 18.2 Å². The van der Waals surface area contributed by atoms with Crippen LogP contribution in [0.3, 0.4) is 0 Å². The third-order valence-electron chi connectivity index (χ3n) is 5.22. The van der Waals surface area contributed by atoms with Gasteiger partial charge in [0.2, 0.25) is 0 Å². The maximum absolute atomic E-state index is 13.5. The lowest BCUT2D eigenvalue weighted by molar-refractivity contribution is -0.155. The van der Waals surface area contributed by atoms with Crippen molar-refractivity contribution in [3.05, 3.63) is 68.0 Å². The molecule has 178 valence electrons. The number of nitrogens with zero attached hydrogens (tertiary/aromatic N) is 2. The maximum Gasteiger partial charge on any atom is 0.341 e. The number of carbonyl (C=O) groups excluding carboxylic acids is 3. The molecule has 0 saturated carbocycles. The Hall–Kier alpha value is -3.97. The second-order valence-corrected chi connectivity index (χ2v) is 7.63. The number of ether oxygens (including phenoxy) is 3. The molecule has 1 aliphatic rings. The topological polar surface area (TPSA) is 123 Å². The van der Waals surface area contributed by atoms with E-state index < -0.39 is 47.5 Å². The summed E-state index contributed by atoms with van der Waals surface area (Å²) in [6.07, 6.45) is -2.72. The lowest BCUT2D eigenvalue weighted by Gasteiger charge is -2.20. The van der Waals surface area contributed by atoms with Gasteiger partial charge in [0.15, 0.2) is 0 Å². The van der Waals surface area contributed by atoms with Crippen molar-refractivity contribution in [3.63, 3.8) is 0 Å². The molecule has 0 amide bonds. The Kier molecular flexibility index (Phi) is 7.48. The molecule has 10 heteroatoms. The van der Waals surface area contributed by atoms with E-state index in [0.29, 0.717) is 4.57 Å². The Morgan fingerprint density at radius 3 is 2.38 bits per heavy atom. The second-order valence-electron chi connectivity index (χ2n) is 7.63. The van der Waals surface area contributed by atoms with Gasteiger partial charge in [-0.05, 0) is 31.9 Å². The molecule has 2 heterocycles. The van der Waals surface area contributed by atoms with Crippen LogP contribution in [0.4, 0.5) is 0 Å². The van der Waals surface area contributed by atoms with Crippen molar-refractivity contribution in [2.75, 3.05) is 6.61 Å². The van der Waals surface area contributed by atoms with Crippen LogP contribution in [0.15, 0.2) is 39.9 Å². The van der Waals surface area contributed by atoms with Gasteiger partial charge >= 0.3 is 17.6 Å². The Balaban J connectivity index is 2.15. The van der Waals surface area contributed by atoms with Crippen LogP contribution in [0.1, 0.15) is 55.0 Å². The van der Waals surface area contributed by atoms with Crippen molar-refractivity contribution in [1.82, 2.24) is 9.13 Å². The van der Waals surface area contributed by atoms with Crippen molar-refractivity contribution in [2.24, 2.45) is 0 Å². The zero-order valence-electron chi connectivity index (χ0n) is 19.2. The van der Waals surface area contributed by atoms with Gasteiger partial charge in [-0.25, -0.2) is 4.79 Å². The molecule has 10 nitrogen and oxygen atoms in total. The van der Waals surface area contributed by atoms with Crippen molar-refractivity contribution in [2.45, 2.75) is 52.6 Å². The van der Waals surface area contributed by atoms with Crippen LogP contribution >= 0.6 is 0 Å². The molecule has 1 saturated heterocycles. The van der Waals surface area contributed by atoms with Crippen molar-refractivity contribution in [1.29, 1.82) is 0 Å². The maximum atomic E-state index is 13.5. The van der Waals surface area contributed by atoms with Crippen LogP contribution in [-0.2, 0) is 23.8 Å². The SMILES string of the molecule is CC#Cc1c(C)c(=O)n(C(=O)c2ccccc2)c(=O)n1[C@H]1C[C@H](OC(C)=O)[C@@H](COC(C)=O)O1. The molecule has 0 aliphatic carbocycles. The predicted octanol–water partition coefficient (Wildman–Crippen LogP) is 1.16. The molecule has 1 aromatic carbocycles. The molecular weight excluding hydrogens is 444 g/mol. The molecule has 0 N–H and O–H groups in total. The lowest BCUT2D eigenvalue weighted by Crippen LogP contribution is -2.47. The van der Waals surface area contributed by atoms with Crippen LogP contribution in [0.5, 0.6) is 0 Å². The van der Waals surface area contributed by atoms with Gasteiger partial charge in [-0.2, -0.15) is 4.57 Å². The van der Waals surface area contributed by atoms with Crippen molar-refractivity contribution in [3.8, 4) is 11.8 Å². The average Bonchev–Trinajstić information content (AvgIpc) is 3.18. The van der Waals surface area contributed by atoms with E-state index in [0.717, 1.165) is 4.57 Å². The molecule has 3 atom stereocenters. The molecule has 0 unspecified atom stereocenters. The summed E-state index contributed by atoms with van der Waals surface area (Å²) < 4.78 is 17.9. The van der Waals surface area contributed by atoms with Gasteiger partial charge in [0, 0.05) is 31.4 Å². The molecule has 1 fully saturated rings. The summed E-state index contributed by atoms with van der Waals surface area (Å²) in [4.78, 5) is 62.5. The lowest BCUT2D eigenvalue weighted by atomic mass is 10.1. The number of rotatable bonds is 5. The van der Waals surface area contributed by atoms with Crippen LogP contribution in [0, 0.1) is 18.8 Å². The van der Waals surface area contributed by atoms with Gasteiger partial charge in [-0.1, -0.05) is 24.1 Å². The minimum atomic E-state index is -1.04. The highest BCUT2D eigenvalue weighted by Crippen LogP contribution is 2.31. The van der Waals surface area contributed by atoms with Gasteiger partial charge in [0.1, 0.15) is 30.7 Å². The van der Waals surface area contributed by atoms with Gasteiger partial charge in [-0.3, -0.25) is 23.7 Å². The van der Waals surface area contributed by atoms with Gasteiger partial charge in [0.25, 0.3) is 11.5 Å². The largest absolute Gasteiger partial charge is 0.463 e. The molecule has 0 spiro atoms. The zero-order valence-corrected chi connectivity index (χ0v) is 19.2. The van der Waals surface area contributed by atoms with Crippen LogP contribution in [0.2, 0.25) is 0 Å². The summed E-state index contributed by atoms with van der Waals surface area (Å²) in [7, 11) is 0. The Morgan fingerprint density at radius 1 is 1.12 bits per heavy atom. The quantitative estimate of drug-likeness (QED) is 0.473. The second kappa shape index (κ2) is 10.3. The Morgan fingerprint density at radius 2 is 1.79 bits per heavy atom. The van der Waals surface area contributed by atoms with Crippen LogP contribution < -0.4 is 11.2 Å². The molecule has 0 bridgehead atoms. The van der Waals surface area contributed by atoms with E-state index >= 15 is 0 Å². The number of carbonyl (C=O) groups is 3. The summed E-state index contributed by atoms with van der Waals surface area (Å²) >= 11 is 0. The number of hydrogen-bond acceptors (Lipinski definition) is 8. The molecule has 3 rings (SSSR count). The van der Waals surface area contributed by atoms with Crippen LogP contribution in [0.25, 0.3) is 0 Å². The smallest absolute Gasteiger partial charge is 0.341 e. The van der Waals surface area contributed by atoms with Crippen molar-refractivity contribution < 1.29 is 28.6 Å². The first kappa shape index (κ1) is 24.7. The van der Waals surface area contributed by atoms with E-state index in [1.165, 1.54) is 39.8 Å². The van der Waals surface area contributed by atoms with E-state index in [1.807, 2.05) is 0 Å². The number of benzene rings is 1. The number of hydrogen-bond donors (Lipinski definition) is 0. The van der Waals surface area contributed by atoms with Crippen molar-refractivity contribution >= 4 is 17.8 Å². The predicted molar refractivity (Wildman–Crippen MR) is 119 cm³/mol. The number of esters is 2. The minimum absolute atomic E-state index is 0.0149. The molecule has 1 aliphatic heterocycles. The minimum Gasteiger partial charge on any atom is -0.463 e. The molecule has 1 aromatic heterocycles. The summed E-state index contributed by atoms with van der Waals surface area (Å²) in [5.74, 6) is 3.48. The monoisotopic (exact) mass is 468 g/mol. The average molecular weight is 468 g/mol. The molecule has 34 heavy (non-hydrogen) atoms.